The van der Waals surface area contributed by atoms with Gasteiger partial charge in [-0.2, -0.15) is 0 Å². The van der Waals surface area contributed by atoms with Crippen LogP contribution in [-0.4, -0.2) is 0 Å². The predicted molar refractivity (Wildman–Crippen MR) is 76.6 cm³/mol. The minimum absolute atomic E-state index is 0.620. The molecule has 0 unspecified atom stereocenters. The van der Waals surface area contributed by atoms with Crippen LogP contribution in [0.4, 0.5) is 0 Å². The molecule has 0 radical (unpaired) electrons. The number of hydrogen-bond donors (Lipinski definition) is 0. The summed E-state index contributed by atoms with van der Waals surface area (Å²) in [5.74, 6) is 1.25. The summed E-state index contributed by atoms with van der Waals surface area (Å²) in [5.41, 5.74) is 7.69. The van der Waals surface area contributed by atoms with Crippen LogP contribution in [0.5, 0.6) is 0 Å². The SMILES string of the molecule is CCC1=Cc2c(cc(C(C)C)cc2C(C)C)C1. The lowest BCUT2D eigenvalue weighted by Crippen LogP contribution is -1.99. The molecule has 1 aromatic carbocycles. The molecule has 0 bridgehead atoms. The highest BCUT2D eigenvalue weighted by Gasteiger charge is 2.18. The molecule has 0 N–H and O–H groups in total. The van der Waals surface area contributed by atoms with E-state index in [1.807, 2.05) is 0 Å². The Hall–Kier alpha value is -1.04. The van der Waals surface area contributed by atoms with E-state index in [1.165, 1.54) is 29.5 Å². The van der Waals surface area contributed by atoms with Crippen LogP contribution in [-0.2, 0) is 6.42 Å². The summed E-state index contributed by atoms with van der Waals surface area (Å²) in [6.45, 7) is 11.4. The van der Waals surface area contributed by atoms with E-state index in [-0.39, 0.29) is 0 Å². The summed E-state index contributed by atoms with van der Waals surface area (Å²) in [6.07, 6.45) is 4.78. The summed E-state index contributed by atoms with van der Waals surface area (Å²) in [7, 11) is 0. The fourth-order valence-corrected chi connectivity index (χ4v) is 2.62. The monoisotopic (exact) mass is 228 g/mol. The normalized spacial score (nSPS) is 14.4. The first-order valence-electron chi connectivity index (χ1n) is 6.89. The topological polar surface area (TPSA) is 0 Å². The minimum atomic E-state index is 0.620. The summed E-state index contributed by atoms with van der Waals surface area (Å²) < 4.78 is 0. The van der Waals surface area contributed by atoms with Gasteiger partial charge in [-0.05, 0) is 46.9 Å². The molecule has 1 aliphatic carbocycles. The zero-order chi connectivity index (χ0) is 12.6. The second-order valence-corrected chi connectivity index (χ2v) is 5.83. The molecule has 0 spiro atoms. The van der Waals surface area contributed by atoms with Gasteiger partial charge >= 0.3 is 0 Å². The number of fused-ring (bicyclic) bond motifs is 1. The Morgan fingerprint density at radius 2 is 1.76 bits per heavy atom. The third-order valence-electron chi connectivity index (χ3n) is 3.83. The van der Waals surface area contributed by atoms with E-state index < -0.39 is 0 Å². The Balaban J connectivity index is 2.53. The number of benzene rings is 1. The molecule has 17 heavy (non-hydrogen) atoms. The van der Waals surface area contributed by atoms with Crippen LogP contribution in [0.15, 0.2) is 17.7 Å². The Kier molecular flexibility index (Phi) is 3.42. The van der Waals surface area contributed by atoms with Crippen LogP contribution in [0.3, 0.4) is 0 Å². The summed E-state index contributed by atoms with van der Waals surface area (Å²) >= 11 is 0. The van der Waals surface area contributed by atoms with Gasteiger partial charge in [0.25, 0.3) is 0 Å². The van der Waals surface area contributed by atoms with Gasteiger partial charge in [0.15, 0.2) is 0 Å². The maximum absolute atomic E-state index is 2.43. The van der Waals surface area contributed by atoms with E-state index in [4.69, 9.17) is 0 Å². The standard InChI is InChI=1S/C17H24/c1-6-13-7-15-9-14(11(2)3)10-16(12(4)5)17(15)8-13/h8-12H,6-7H2,1-5H3. The minimum Gasteiger partial charge on any atom is -0.0655 e. The van der Waals surface area contributed by atoms with Crippen molar-refractivity contribution in [2.45, 2.75) is 59.3 Å². The highest BCUT2D eigenvalue weighted by molar-refractivity contribution is 5.68. The molecule has 2 rings (SSSR count). The van der Waals surface area contributed by atoms with E-state index in [0.717, 1.165) is 0 Å². The van der Waals surface area contributed by atoms with Gasteiger partial charge in [-0.1, -0.05) is 58.4 Å². The molecule has 0 saturated heterocycles. The zero-order valence-corrected chi connectivity index (χ0v) is 11.8. The molecule has 0 fully saturated rings. The molecule has 0 atom stereocenters. The zero-order valence-electron chi connectivity index (χ0n) is 11.8. The molecule has 0 aliphatic heterocycles. The van der Waals surface area contributed by atoms with Crippen LogP contribution in [0.1, 0.15) is 75.1 Å². The molecule has 0 saturated carbocycles. The molecular formula is C17H24. The molecule has 0 amide bonds. The highest BCUT2D eigenvalue weighted by Crippen LogP contribution is 2.35. The second kappa shape index (κ2) is 4.68. The van der Waals surface area contributed by atoms with Crippen molar-refractivity contribution in [2.75, 3.05) is 0 Å². The summed E-state index contributed by atoms with van der Waals surface area (Å²) in [6, 6.07) is 4.84. The summed E-state index contributed by atoms with van der Waals surface area (Å²) in [4.78, 5) is 0. The van der Waals surface area contributed by atoms with Crippen molar-refractivity contribution in [3.8, 4) is 0 Å². The molecular weight excluding hydrogens is 204 g/mol. The van der Waals surface area contributed by atoms with Crippen molar-refractivity contribution in [1.82, 2.24) is 0 Å². The van der Waals surface area contributed by atoms with E-state index in [1.54, 1.807) is 11.1 Å². The van der Waals surface area contributed by atoms with Crippen LogP contribution >= 0.6 is 0 Å². The Labute approximate surface area is 106 Å². The lowest BCUT2D eigenvalue weighted by atomic mass is 9.89. The van der Waals surface area contributed by atoms with E-state index in [9.17, 15) is 0 Å². The molecule has 0 heteroatoms. The van der Waals surface area contributed by atoms with Gasteiger partial charge in [-0.15, -0.1) is 0 Å². The Morgan fingerprint density at radius 3 is 2.29 bits per heavy atom. The van der Waals surface area contributed by atoms with Crippen molar-refractivity contribution in [2.24, 2.45) is 0 Å². The average Bonchev–Trinajstić information content (AvgIpc) is 2.69. The fraction of sp³-hybridized carbons (Fsp3) is 0.529. The third kappa shape index (κ3) is 2.31. The Morgan fingerprint density at radius 1 is 1.06 bits per heavy atom. The van der Waals surface area contributed by atoms with Gasteiger partial charge < -0.3 is 0 Å². The molecule has 0 heterocycles. The van der Waals surface area contributed by atoms with Gasteiger partial charge in [0.2, 0.25) is 0 Å². The number of allylic oxidation sites excluding steroid dienone is 1. The Bertz CT molecular complexity index is 447. The largest absolute Gasteiger partial charge is 0.0655 e. The van der Waals surface area contributed by atoms with Crippen LogP contribution in [0, 0.1) is 0 Å². The molecule has 1 aliphatic rings. The van der Waals surface area contributed by atoms with Crippen molar-refractivity contribution in [3.63, 3.8) is 0 Å². The third-order valence-corrected chi connectivity index (χ3v) is 3.83. The first-order chi connectivity index (χ1) is 8.02. The van der Waals surface area contributed by atoms with Crippen LogP contribution < -0.4 is 0 Å². The van der Waals surface area contributed by atoms with Gasteiger partial charge in [0.1, 0.15) is 0 Å². The lowest BCUT2D eigenvalue weighted by Gasteiger charge is -2.16. The highest BCUT2D eigenvalue weighted by atomic mass is 14.2. The van der Waals surface area contributed by atoms with Crippen LogP contribution in [0.25, 0.3) is 6.08 Å². The maximum Gasteiger partial charge on any atom is -0.00577 e. The smallest absolute Gasteiger partial charge is 0.00577 e. The average molecular weight is 228 g/mol. The molecule has 0 aromatic heterocycles. The predicted octanol–water partition coefficient (Wildman–Crippen LogP) is 5.28. The molecule has 92 valence electrons. The lowest BCUT2D eigenvalue weighted by molar-refractivity contribution is 0.828. The first kappa shape index (κ1) is 12.4. The van der Waals surface area contributed by atoms with Crippen LogP contribution in [0.2, 0.25) is 0 Å². The van der Waals surface area contributed by atoms with Gasteiger partial charge in [-0.25, -0.2) is 0 Å². The van der Waals surface area contributed by atoms with Gasteiger partial charge in [-0.3, -0.25) is 0 Å². The van der Waals surface area contributed by atoms with Crippen molar-refractivity contribution in [3.05, 3.63) is 40.0 Å². The van der Waals surface area contributed by atoms with E-state index >= 15 is 0 Å². The molecule has 0 nitrogen and oxygen atoms in total. The number of rotatable bonds is 3. The molecule has 1 aromatic rings. The first-order valence-corrected chi connectivity index (χ1v) is 6.89. The summed E-state index contributed by atoms with van der Waals surface area (Å²) in [5, 5.41) is 0. The van der Waals surface area contributed by atoms with Crippen molar-refractivity contribution >= 4 is 6.08 Å². The van der Waals surface area contributed by atoms with Gasteiger partial charge in [0.05, 0.1) is 0 Å². The van der Waals surface area contributed by atoms with E-state index in [0.29, 0.717) is 11.8 Å². The number of hydrogen-bond acceptors (Lipinski definition) is 0. The maximum atomic E-state index is 2.43. The van der Waals surface area contributed by atoms with Crippen molar-refractivity contribution in [1.29, 1.82) is 0 Å². The van der Waals surface area contributed by atoms with Crippen molar-refractivity contribution < 1.29 is 0 Å². The fourth-order valence-electron chi connectivity index (χ4n) is 2.62. The van der Waals surface area contributed by atoms with E-state index in [2.05, 4.69) is 52.8 Å². The quantitative estimate of drug-likeness (QED) is 0.660. The second-order valence-electron chi connectivity index (χ2n) is 5.83. The van der Waals surface area contributed by atoms with Gasteiger partial charge in [0, 0.05) is 0 Å².